The van der Waals surface area contributed by atoms with Crippen LogP contribution in [0.3, 0.4) is 0 Å². The van der Waals surface area contributed by atoms with Crippen molar-refractivity contribution in [3.63, 3.8) is 0 Å². The number of benzene rings is 1. The topological polar surface area (TPSA) is 97.1 Å². The molecular formula is C12H11FN4O3. The first-order valence-corrected chi connectivity index (χ1v) is 5.71. The summed E-state index contributed by atoms with van der Waals surface area (Å²) in [6.45, 7) is 0.349. The number of halogens is 1. The van der Waals surface area contributed by atoms with Gasteiger partial charge in [0, 0.05) is 12.1 Å². The van der Waals surface area contributed by atoms with Gasteiger partial charge in [0.15, 0.2) is 0 Å². The van der Waals surface area contributed by atoms with Gasteiger partial charge in [-0.05, 0) is 18.2 Å². The van der Waals surface area contributed by atoms with Gasteiger partial charge in [-0.15, -0.1) is 0 Å². The summed E-state index contributed by atoms with van der Waals surface area (Å²) >= 11 is 0. The van der Waals surface area contributed by atoms with E-state index < -0.39 is 17.3 Å². The molecule has 1 aromatic carbocycles. The zero-order valence-electron chi connectivity index (χ0n) is 10.3. The van der Waals surface area contributed by atoms with E-state index in [1.807, 2.05) is 0 Å². The maximum absolute atomic E-state index is 13.4. The van der Waals surface area contributed by atoms with Gasteiger partial charge in [-0.1, -0.05) is 0 Å². The number of amides is 1. The molecular weight excluding hydrogens is 267 g/mol. The Bertz CT molecular complexity index is 628. The van der Waals surface area contributed by atoms with E-state index in [0.717, 1.165) is 12.1 Å². The molecule has 104 valence electrons. The predicted octanol–water partition coefficient (Wildman–Crippen LogP) is 1.14. The SMILES string of the molecule is O=C(CCn1cncn1)Nc1ccc(C(=O)O)c(F)c1. The van der Waals surface area contributed by atoms with Gasteiger partial charge in [0.05, 0.1) is 12.1 Å². The number of nitrogens with one attached hydrogen (secondary N) is 1. The van der Waals surface area contributed by atoms with Crippen molar-refractivity contribution in [2.45, 2.75) is 13.0 Å². The Kier molecular flexibility index (Phi) is 4.04. The van der Waals surface area contributed by atoms with Crippen LogP contribution >= 0.6 is 0 Å². The van der Waals surface area contributed by atoms with Gasteiger partial charge in [-0.25, -0.2) is 14.2 Å². The number of nitrogens with zero attached hydrogens (tertiary/aromatic N) is 3. The summed E-state index contributed by atoms with van der Waals surface area (Å²) in [6.07, 6.45) is 2.98. The molecule has 0 fully saturated rings. The maximum atomic E-state index is 13.4. The van der Waals surface area contributed by atoms with Crippen LogP contribution < -0.4 is 5.32 Å². The van der Waals surface area contributed by atoms with E-state index in [-0.39, 0.29) is 18.0 Å². The normalized spacial score (nSPS) is 10.2. The molecule has 2 rings (SSSR count). The monoisotopic (exact) mass is 278 g/mol. The standard InChI is InChI=1S/C12H11FN4O3/c13-10-5-8(1-2-9(10)12(19)20)16-11(18)3-4-17-7-14-6-15-17/h1-2,5-7H,3-4H2,(H,16,18)(H,19,20). The average Bonchev–Trinajstić information content (AvgIpc) is 2.89. The smallest absolute Gasteiger partial charge is 0.338 e. The largest absolute Gasteiger partial charge is 0.478 e. The van der Waals surface area contributed by atoms with Crippen molar-refractivity contribution >= 4 is 17.6 Å². The quantitative estimate of drug-likeness (QED) is 0.854. The second-order valence-corrected chi connectivity index (χ2v) is 3.96. The first-order chi connectivity index (χ1) is 9.56. The first-order valence-electron chi connectivity index (χ1n) is 5.71. The van der Waals surface area contributed by atoms with Gasteiger partial charge in [-0.2, -0.15) is 5.10 Å². The Morgan fingerprint density at radius 2 is 2.20 bits per heavy atom. The van der Waals surface area contributed by atoms with Crippen LogP contribution in [-0.2, 0) is 11.3 Å². The summed E-state index contributed by atoms with van der Waals surface area (Å²) in [4.78, 5) is 26.0. The number of carboxylic acid groups (broad SMARTS) is 1. The number of carboxylic acids is 1. The van der Waals surface area contributed by atoms with Crippen LogP contribution in [0.15, 0.2) is 30.9 Å². The lowest BCUT2D eigenvalue weighted by molar-refractivity contribution is -0.116. The Morgan fingerprint density at radius 3 is 2.80 bits per heavy atom. The molecule has 0 spiro atoms. The van der Waals surface area contributed by atoms with Crippen LogP contribution in [0.1, 0.15) is 16.8 Å². The van der Waals surface area contributed by atoms with E-state index in [9.17, 15) is 14.0 Å². The van der Waals surface area contributed by atoms with Crippen LogP contribution in [0.2, 0.25) is 0 Å². The summed E-state index contributed by atoms with van der Waals surface area (Å²) in [5.41, 5.74) is -0.235. The number of aryl methyl sites for hydroxylation is 1. The van der Waals surface area contributed by atoms with Gasteiger partial charge in [0.2, 0.25) is 5.91 Å². The molecule has 2 N–H and O–H groups in total. The summed E-state index contributed by atoms with van der Waals surface area (Å²) in [7, 11) is 0. The molecule has 2 aromatic rings. The second-order valence-electron chi connectivity index (χ2n) is 3.96. The van der Waals surface area contributed by atoms with Crippen LogP contribution in [0.25, 0.3) is 0 Å². The van der Waals surface area contributed by atoms with Crippen LogP contribution in [0, 0.1) is 5.82 Å². The molecule has 0 aliphatic carbocycles. The zero-order valence-corrected chi connectivity index (χ0v) is 10.3. The number of hydrogen-bond donors (Lipinski definition) is 2. The maximum Gasteiger partial charge on any atom is 0.338 e. The second kappa shape index (κ2) is 5.91. The Labute approximate surface area is 113 Å². The van der Waals surface area contributed by atoms with Gasteiger partial charge >= 0.3 is 5.97 Å². The first kappa shape index (κ1) is 13.7. The molecule has 8 heteroatoms. The summed E-state index contributed by atoms with van der Waals surface area (Å²) in [5, 5.41) is 15.0. The molecule has 0 radical (unpaired) electrons. The van der Waals surface area contributed by atoms with Gasteiger partial charge < -0.3 is 10.4 Å². The molecule has 1 aromatic heterocycles. The minimum Gasteiger partial charge on any atom is -0.478 e. The van der Waals surface area contributed by atoms with Crippen LogP contribution in [0.5, 0.6) is 0 Å². The number of aromatic nitrogens is 3. The van der Waals surface area contributed by atoms with Gasteiger partial charge in [0.1, 0.15) is 18.5 Å². The highest BCUT2D eigenvalue weighted by Crippen LogP contribution is 2.14. The highest BCUT2D eigenvalue weighted by Gasteiger charge is 2.11. The van der Waals surface area contributed by atoms with Gasteiger partial charge in [-0.3, -0.25) is 9.48 Å². The Hall–Kier alpha value is -2.77. The fraction of sp³-hybridized carbons (Fsp3) is 0.167. The van der Waals surface area contributed by atoms with E-state index in [0.29, 0.717) is 6.54 Å². The highest BCUT2D eigenvalue weighted by molar-refractivity contribution is 5.92. The molecule has 0 bridgehead atoms. The number of anilines is 1. The van der Waals surface area contributed by atoms with Crippen molar-refractivity contribution in [2.24, 2.45) is 0 Å². The molecule has 0 saturated carbocycles. The lowest BCUT2D eigenvalue weighted by atomic mass is 10.2. The molecule has 0 saturated heterocycles. The summed E-state index contributed by atoms with van der Waals surface area (Å²) < 4.78 is 14.9. The minimum absolute atomic E-state index is 0.145. The number of aromatic carboxylic acids is 1. The number of carbonyl (C=O) groups excluding carboxylic acids is 1. The van der Waals surface area contributed by atoms with E-state index in [4.69, 9.17) is 5.11 Å². The van der Waals surface area contributed by atoms with E-state index in [1.54, 1.807) is 0 Å². The van der Waals surface area contributed by atoms with Crippen molar-refractivity contribution in [1.29, 1.82) is 0 Å². The zero-order chi connectivity index (χ0) is 14.5. The van der Waals surface area contributed by atoms with Crippen LogP contribution in [0.4, 0.5) is 10.1 Å². The van der Waals surface area contributed by atoms with E-state index >= 15 is 0 Å². The fourth-order valence-corrected chi connectivity index (χ4v) is 1.55. The number of rotatable bonds is 5. The third-order valence-electron chi connectivity index (χ3n) is 2.52. The molecule has 0 atom stereocenters. The summed E-state index contributed by atoms with van der Waals surface area (Å²) in [6, 6.07) is 3.40. The fourth-order valence-electron chi connectivity index (χ4n) is 1.55. The Morgan fingerprint density at radius 1 is 1.40 bits per heavy atom. The average molecular weight is 278 g/mol. The molecule has 0 aliphatic rings. The third-order valence-corrected chi connectivity index (χ3v) is 2.52. The van der Waals surface area contributed by atoms with Crippen molar-refractivity contribution in [3.8, 4) is 0 Å². The van der Waals surface area contributed by atoms with Crippen molar-refractivity contribution in [2.75, 3.05) is 5.32 Å². The minimum atomic E-state index is -1.36. The molecule has 1 amide bonds. The molecule has 0 aliphatic heterocycles. The van der Waals surface area contributed by atoms with Gasteiger partial charge in [0.25, 0.3) is 0 Å². The lowest BCUT2D eigenvalue weighted by Crippen LogP contribution is -2.15. The predicted molar refractivity (Wildman–Crippen MR) is 66.6 cm³/mol. The third kappa shape index (κ3) is 3.37. The lowest BCUT2D eigenvalue weighted by Gasteiger charge is -2.06. The molecule has 20 heavy (non-hydrogen) atoms. The Balaban J connectivity index is 1.94. The summed E-state index contributed by atoms with van der Waals surface area (Å²) in [5.74, 6) is -2.58. The van der Waals surface area contributed by atoms with Crippen molar-refractivity contribution in [1.82, 2.24) is 14.8 Å². The van der Waals surface area contributed by atoms with Crippen molar-refractivity contribution < 1.29 is 19.1 Å². The number of hydrogen-bond acceptors (Lipinski definition) is 4. The van der Waals surface area contributed by atoms with Crippen molar-refractivity contribution in [3.05, 3.63) is 42.2 Å². The van der Waals surface area contributed by atoms with Crippen LogP contribution in [-0.4, -0.2) is 31.7 Å². The number of carbonyl (C=O) groups is 2. The molecule has 0 unspecified atom stereocenters. The molecule has 7 nitrogen and oxygen atoms in total. The highest BCUT2D eigenvalue weighted by atomic mass is 19.1. The van der Waals surface area contributed by atoms with E-state index in [2.05, 4.69) is 15.4 Å². The van der Waals surface area contributed by atoms with E-state index in [1.165, 1.54) is 23.4 Å². The molecule has 1 heterocycles.